The topological polar surface area (TPSA) is 20.2 Å². The fourth-order valence-electron chi connectivity index (χ4n) is 0.750. The van der Waals surface area contributed by atoms with Crippen LogP contribution in [0.5, 0.6) is 0 Å². The second kappa shape index (κ2) is 3.06. The molecule has 1 aromatic carbocycles. The van der Waals surface area contributed by atoms with Gasteiger partial charge in [0.25, 0.3) is 0 Å². The first-order valence-corrected chi connectivity index (χ1v) is 3.16. The van der Waals surface area contributed by atoms with Crippen molar-refractivity contribution in [2.75, 3.05) is 0 Å². The van der Waals surface area contributed by atoms with Crippen LogP contribution in [0.25, 0.3) is 12.3 Å². The van der Waals surface area contributed by atoms with Crippen LogP contribution in [0.1, 0.15) is 6.92 Å². The van der Waals surface area contributed by atoms with E-state index in [1.165, 1.54) is 0 Å². The Bertz CT molecular complexity index is 255. The van der Waals surface area contributed by atoms with Gasteiger partial charge in [-0.05, 0) is 13.2 Å². The van der Waals surface area contributed by atoms with E-state index in [2.05, 4.69) is 6.26 Å². The van der Waals surface area contributed by atoms with E-state index >= 15 is 0 Å². The quantitative estimate of drug-likeness (QED) is 0.515. The van der Waals surface area contributed by atoms with E-state index in [0.717, 1.165) is 5.22 Å². The number of rotatable bonds is 0. The summed E-state index contributed by atoms with van der Waals surface area (Å²) in [5.74, 6) is 0. The molecular formula is C9H9O-. The van der Waals surface area contributed by atoms with Gasteiger partial charge in [0.2, 0.25) is 0 Å². The molecule has 0 aliphatic heterocycles. The van der Waals surface area contributed by atoms with Gasteiger partial charge >= 0.3 is 0 Å². The van der Waals surface area contributed by atoms with Crippen LogP contribution in [0.15, 0.2) is 24.3 Å². The standard InChI is InChI=1S/C9H9O/c1-2-8-3-5-9(7-10)6-4-8/h2-6,10H,1H3/q-1. The van der Waals surface area contributed by atoms with Gasteiger partial charge in [-0.25, -0.2) is 0 Å². The zero-order valence-corrected chi connectivity index (χ0v) is 5.83. The molecule has 1 N–H and O–H groups in total. The Hall–Kier alpha value is -1.24. The fourth-order valence-corrected chi connectivity index (χ4v) is 0.750. The van der Waals surface area contributed by atoms with Gasteiger partial charge in [0.05, 0.1) is 0 Å². The van der Waals surface area contributed by atoms with Gasteiger partial charge in [0.15, 0.2) is 0 Å². The summed E-state index contributed by atoms with van der Waals surface area (Å²) in [7, 11) is 0. The van der Waals surface area contributed by atoms with E-state index in [0.29, 0.717) is 5.22 Å². The predicted molar refractivity (Wildman–Crippen MR) is 41.9 cm³/mol. The van der Waals surface area contributed by atoms with Gasteiger partial charge in [-0.2, -0.15) is 17.4 Å². The Morgan fingerprint density at radius 3 is 2.30 bits per heavy atom. The van der Waals surface area contributed by atoms with Crippen LogP contribution in [0.4, 0.5) is 0 Å². The molecule has 1 rings (SSSR count). The van der Waals surface area contributed by atoms with Crippen LogP contribution in [0.2, 0.25) is 0 Å². The minimum absolute atomic E-state index is 0.714. The molecule has 0 unspecified atom stereocenters. The second-order valence-electron chi connectivity index (χ2n) is 2.02. The lowest BCUT2D eigenvalue weighted by molar-refractivity contribution is 0.540. The van der Waals surface area contributed by atoms with E-state index in [-0.39, 0.29) is 0 Å². The van der Waals surface area contributed by atoms with Gasteiger partial charge in [-0.3, -0.25) is 0 Å². The Morgan fingerprint density at radius 1 is 1.30 bits per heavy atom. The van der Waals surface area contributed by atoms with Crippen LogP contribution in [0.3, 0.4) is 0 Å². The van der Waals surface area contributed by atoms with E-state index in [9.17, 15) is 0 Å². The SMILES string of the molecule is CC=c1ccc(=[C-]O)cc1. The van der Waals surface area contributed by atoms with E-state index < -0.39 is 0 Å². The van der Waals surface area contributed by atoms with Gasteiger partial charge in [0.1, 0.15) is 0 Å². The lowest BCUT2D eigenvalue weighted by Gasteiger charge is -1.91. The van der Waals surface area contributed by atoms with Gasteiger partial charge in [0, 0.05) is 0 Å². The van der Waals surface area contributed by atoms with Crippen LogP contribution >= 0.6 is 0 Å². The molecule has 0 atom stereocenters. The minimum Gasteiger partial charge on any atom is -0.574 e. The van der Waals surface area contributed by atoms with Gasteiger partial charge in [-0.15, -0.1) is 12.1 Å². The highest BCUT2D eigenvalue weighted by molar-refractivity contribution is 5.23. The van der Waals surface area contributed by atoms with Crippen molar-refractivity contribution < 1.29 is 5.11 Å². The van der Waals surface area contributed by atoms with Crippen LogP contribution in [0, 0.1) is 0 Å². The van der Waals surface area contributed by atoms with Crippen molar-refractivity contribution in [3.05, 3.63) is 34.7 Å². The van der Waals surface area contributed by atoms with E-state index in [4.69, 9.17) is 5.11 Å². The summed E-state index contributed by atoms with van der Waals surface area (Å²) in [5.41, 5.74) is 0. The summed E-state index contributed by atoms with van der Waals surface area (Å²) in [4.78, 5) is 0. The lowest BCUT2D eigenvalue weighted by Crippen LogP contribution is -2.05. The van der Waals surface area contributed by atoms with Crippen molar-refractivity contribution in [3.63, 3.8) is 0 Å². The summed E-state index contributed by atoms with van der Waals surface area (Å²) in [6.07, 6.45) is 4.07. The van der Waals surface area contributed by atoms with E-state index in [1.54, 1.807) is 0 Å². The highest BCUT2D eigenvalue weighted by atomic mass is 16.2. The van der Waals surface area contributed by atoms with Crippen molar-refractivity contribution in [3.8, 4) is 0 Å². The van der Waals surface area contributed by atoms with E-state index in [1.807, 2.05) is 37.3 Å². The van der Waals surface area contributed by atoms with Gasteiger partial charge < -0.3 is 5.11 Å². The maximum Gasteiger partial charge on any atom is -0.00368 e. The minimum atomic E-state index is 0.714. The first-order chi connectivity index (χ1) is 4.86. The molecule has 1 aromatic rings. The predicted octanol–water partition coefficient (Wildman–Crippen LogP) is 0.660. The molecule has 1 heteroatoms. The Morgan fingerprint density at radius 2 is 1.90 bits per heavy atom. The molecule has 0 aromatic heterocycles. The average molecular weight is 133 g/mol. The third kappa shape index (κ3) is 1.38. The maximum atomic E-state index is 8.44. The summed E-state index contributed by atoms with van der Waals surface area (Å²) in [6.45, 7) is 1.97. The lowest BCUT2D eigenvalue weighted by atomic mass is 10.2. The molecule has 0 aliphatic rings. The number of hydrogen-bond acceptors (Lipinski definition) is 1. The number of hydrogen-bond donors (Lipinski definition) is 1. The third-order valence-corrected chi connectivity index (χ3v) is 1.37. The first kappa shape index (κ1) is 6.87. The van der Waals surface area contributed by atoms with Crippen molar-refractivity contribution >= 4 is 12.3 Å². The highest BCUT2D eigenvalue weighted by Crippen LogP contribution is 1.69. The molecule has 0 bridgehead atoms. The molecule has 0 radical (unpaired) electrons. The zero-order chi connectivity index (χ0) is 7.40. The number of benzene rings is 1. The molecule has 0 spiro atoms. The Labute approximate surface area is 59.9 Å². The molecule has 0 amide bonds. The molecule has 1 nitrogen and oxygen atoms in total. The second-order valence-corrected chi connectivity index (χ2v) is 2.02. The molecular weight excluding hydrogens is 124 g/mol. The normalized spacial score (nSPS) is 8.90. The zero-order valence-electron chi connectivity index (χ0n) is 5.83. The molecule has 10 heavy (non-hydrogen) atoms. The van der Waals surface area contributed by atoms with Crippen LogP contribution < -0.4 is 10.4 Å². The van der Waals surface area contributed by atoms with Crippen molar-refractivity contribution in [1.82, 2.24) is 0 Å². The van der Waals surface area contributed by atoms with Crippen LogP contribution in [-0.4, -0.2) is 5.11 Å². The molecule has 52 valence electrons. The van der Waals surface area contributed by atoms with Crippen molar-refractivity contribution in [2.24, 2.45) is 0 Å². The molecule has 0 saturated carbocycles. The van der Waals surface area contributed by atoms with Crippen molar-refractivity contribution in [1.29, 1.82) is 0 Å². The summed E-state index contributed by atoms with van der Waals surface area (Å²) < 4.78 is 0. The Kier molecular flexibility index (Phi) is 2.11. The average Bonchev–Trinajstić information content (AvgIpc) is 2.05. The molecule has 0 fully saturated rings. The fraction of sp³-hybridized carbons (Fsp3) is 0.111. The summed E-state index contributed by atoms with van der Waals surface area (Å²) in [6, 6.07) is 7.49. The summed E-state index contributed by atoms with van der Waals surface area (Å²) in [5, 5.41) is 10.3. The third-order valence-electron chi connectivity index (χ3n) is 1.37. The number of aliphatic hydroxyl groups excluding tert-OH is 1. The largest absolute Gasteiger partial charge is 0.574 e. The molecule has 0 aliphatic carbocycles. The monoisotopic (exact) mass is 133 g/mol. The Balaban J connectivity index is 3.28. The highest BCUT2D eigenvalue weighted by Gasteiger charge is 1.67. The number of aliphatic hydroxyl groups is 1. The molecule has 0 heterocycles. The molecule has 0 saturated heterocycles. The smallest absolute Gasteiger partial charge is 0.00368 e. The van der Waals surface area contributed by atoms with Crippen LogP contribution in [-0.2, 0) is 0 Å². The first-order valence-electron chi connectivity index (χ1n) is 3.16. The van der Waals surface area contributed by atoms with Gasteiger partial charge in [-0.1, -0.05) is 11.3 Å². The maximum absolute atomic E-state index is 8.44. The summed E-state index contributed by atoms with van der Waals surface area (Å²) >= 11 is 0. The van der Waals surface area contributed by atoms with Crippen molar-refractivity contribution in [2.45, 2.75) is 6.92 Å².